The fourth-order valence-corrected chi connectivity index (χ4v) is 2.54. The van der Waals surface area contributed by atoms with Crippen LogP contribution in [0.1, 0.15) is 46.5 Å². The first kappa shape index (κ1) is 18.5. The number of benzene rings is 2. The molecule has 0 aliphatic carbocycles. The lowest BCUT2D eigenvalue weighted by Crippen LogP contribution is -2.20. The van der Waals surface area contributed by atoms with Gasteiger partial charge in [0.25, 0.3) is 0 Å². The highest BCUT2D eigenvalue weighted by molar-refractivity contribution is 6.15. The number of phenolic OH excluding ortho intramolecular Hbond substituents is 1. The van der Waals surface area contributed by atoms with Gasteiger partial charge in [0.15, 0.2) is 5.78 Å². The Labute approximate surface area is 147 Å². The van der Waals surface area contributed by atoms with E-state index in [0.29, 0.717) is 5.92 Å². The molecule has 0 saturated carbocycles. The smallest absolute Gasteiger partial charge is 0.336 e. The van der Waals surface area contributed by atoms with Gasteiger partial charge in [-0.25, -0.2) is 4.79 Å². The summed E-state index contributed by atoms with van der Waals surface area (Å²) in [4.78, 5) is 26.0. The van der Waals surface area contributed by atoms with E-state index in [4.69, 9.17) is 0 Å². The molecular weight excluding hydrogens is 318 g/mol. The topological polar surface area (TPSA) is 77.8 Å². The van der Waals surface area contributed by atoms with Crippen molar-refractivity contribution in [2.24, 2.45) is 5.92 Å². The van der Waals surface area contributed by atoms with E-state index < -0.39 is 11.8 Å². The van der Waals surface area contributed by atoms with E-state index in [1.54, 1.807) is 18.2 Å². The number of hydrogen-bond acceptors (Lipinski definition) is 4. The quantitative estimate of drug-likeness (QED) is 0.749. The molecule has 0 fully saturated rings. The lowest BCUT2D eigenvalue weighted by Gasteiger charge is -2.21. The number of carbonyl (C=O) groups excluding carboxylic acids is 1. The number of aromatic hydroxyl groups is 1. The first-order valence-corrected chi connectivity index (χ1v) is 8.22. The summed E-state index contributed by atoms with van der Waals surface area (Å²) in [5.41, 5.74) is 0.882. The van der Waals surface area contributed by atoms with Crippen molar-refractivity contribution in [1.82, 2.24) is 0 Å². The molecule has 0 unspecified atom stereocenters. The van der Waals surface area contributed by atoms with Crippen LogP contribution in [0.15, 0.2) is 42.5 Å². The van der Waals surface area contributed by atoms with Gasteiger partial charge in [0.1, 0.15) is 5.75 Å². The number of ketones is 1. The van der Waals surface area contributed by atoms with Crippen LogP contribution in [0.2, 0.25) is 0 Å². The second kappa shape index (κ2) is 7.83. The second-order valence-corrected chi connectivity index (χ2v) is 6.49. The highest BCUT2D eigenvalue weighted by Crippen LogP contribution is 2.27. The van der Waals surface area contributed by atoms with Crippen molar-refractivity contribution in [2.45, 2.75) is 20.3 Å². The predicted molar refractivity (Wildman–Crippen MR) is 97.7 cm³/mol. The van der Waals surface area contributed by atoms with Crippen LogP contribution in [0.4, 0.5) is 5.69 Å². The van der Waals surface area contributed by atoms with E-state index in [1.807, 2.05) is 11.9 Å². The van der Waals surface area contributed by atoms with Crippen LogP contribution in [-0.4, -0.2) is 35.6 Å². The maximum Gasteiger partial charge on any atom is 0.336 e. The molecule has 2 rings (SSSR count). The Balaban J connectivity index is 2.29. The van der Waals surface area contributed by atoms with Crippen LogP contribution in [0.25, 0.3) is 0 Å². The van der Waals surface area contributed by atoms with Gasteiger partial charge >= 0.3 is 5.97 Å². The van der Waals surface area contributed by atoms with Crippen molar-refractivity contribution >= 4 is 17.4 Å². The third kappa shape index (κ3) is 4.38. The maximum absolute atomic E-state index is 12.7. The van der Waals surface area contributed by atoms with Crippen LogP contribution < -0.4 is 4.90 Å². The number of hydrogen-bond donors (Lipinski definition) is 2. The zero-order valence-corrected chi connectivity index (χ0v) is 14.7. The molecule has 2 aromatic rings. The monoisotopic (exact) mass is 341 g/mol. The number of nitrogens with zero attached hydrogens (tertiary/aromatic N) is 1. The van der Waals surface area contributed by atoms with Crippen molar-refractivity contribution in [1.29, 1.82) is 0 Å². The van der Waals surface area contributed by atoms with Crippen LogP contribution in [0.5, 0.6) is 5.75 Å². The minimum absolute atomic E-state index is 0.0613. The summed E-state index contributed by atoms with van der Waals surface area (Å²) < 4.78 is 0. The molecule has 0 aliphatic rings. The number of phenols is 1. The van der Waals surface area contributed by atoms with Gasteiger partial charge < -0.3 is 15.1 Å². The van der Waals surface area contributed by atoms with Gasteiger partial charge in [0.05, 0.1) is 11.1 Å². The lowest BCUT2D eigenvalue weighted by atomic mass is 9.97. The van der Waals surface area contributed by atoms with Gasteiger partial charge in [-0.3, -0.25) is 4.79 Å². The first-order chi connectivity index (χ1) is 11.8. The van der Waals surface area contributed by atoms with E-state index >= 15 is 0 Å². The normalized spacial score (nSPS) is 10.7. The maximum atomic E-state index is 12.7. The lowest BCUT2D eigenvalue weighted by molar-refractivity contribution is 0.0692. The van der Waals surface area contributed by atoms with Gasteiger partial charge in [-0.1, -0.05) is 32.0 Å². The average Bonchev–Trinajstić information content (AvgIpc) is 2.58. The molecule has 0 heterocycles. The molecule has 0 atom stereocenters. The van der Waals surface area contributed by atoms with Gasteiger partial charge in [-0.2, -0.15) is 0 Å². The summed E-state index contributed by atoms with van der Waals surface area (Å²) >= 11 is 0. The Morgan fingerprint density at radius 3 is 2.24 bits per heavy atom. The van der Waals surface area contributed by atoms with Crippen LogP contribution in [0, 0.1) is 5.92 Å². The summed E-state index contributed by atoms with van der Waals surface area (Å²) in [6.07, 6.45) is 1.02. The molecule has 0 aliphatic heterocycles. The van der Waals surface area contributed by atoms with E-state index in [1.165, 1.54) is 24.3 Å². The molecule has 2 N–H and O–H groups in total. The van der Waals surface area contributed by atoms with Crippen molar-refractivity contribution < 1.29 is 19.8 Å². The Kier molecular flexibility index (Phi) is 5.80. The molecule has 0 amide bonds. The zero-order chi connectivity index (χ0) is 18.6. The number of anilines is 1. The highest BCUT2D eigenvalue weighted by atomic mass is 16.4. The van der Waals surface area contributed by atoms with Gasteiger partial charge in [-0.05, 0) is 30.5 Å². The summed E-state index contributed by atoms with van der Waals surface area (Å²) in [7, 11) is 1.93. The SMILES string of the molecule is CC(C)CCN(C)c1ccc(C(=O)c2ccccc2C(=O)O)c(O)c1. The molecule has 0 saturated heterocycles. The number of carboxylic acid groups (broad SMARTS) is 1. The van der Waals surface area contributed by atoms with E-state index in [-0.39, 0.29) is 22.4 Å². The zero-order valence-electron chi connectivity index (χ0n) is 14.7. The standard InChI is InChI=1S/C20H23NO4/c1-13(2)10-11-21(3)14-8-9-17(18(22)12-14)19(23)15-6-4-5-7-16(15)20(24)25/h4-9,12-13,22H,10-11H2,1-3H3,(H,24,25). The molecule has 0 bridgehead atoms. The predicted octanol–water partition coefficient (Wildman–Crippen LogP) is 3.80. The van der Waals surface area contributed by atoms with E-state index in [9.17, 15) is 19.8 Å². The Bertz CT molecular complexity index is 783. The summed E-state index contributed by atoms with van der Waals surface area (Å²) in [5, 5.41) is 19.5. The number of aromatic carboxylic acids is 1. The van der Waals surface area contributed by atoms with Crippen LogP contribution in [-0.2, 0) is 0 Å². The average molecular weight is 341 g/mol. The molecular formula is C20H23NO4. The molecule has 0 aromatic heterocycles. The fraction of sp³-hybridized carbons (Fsp3) is 0.300. The number of carboxylic acids is 1. The van der Waals surface area contributed by atoms with Crippen molar-refractivity contribution in [2.75, 3.05) is 18.5 Å². The van der Waals surface area contributed by atoms with Crippen molar-refractivity contribution in [3.8, 4) is 5.75 Å². The minimum Gasteiger partial charge on any atom is -0.507 e. The van der Waals surface area contributed by atoms with E-state index in [0.717, 1.165) is 18.7 Å². The Hall–Kier alpha value is -2.82. The summed E-state index contributed by atoms with van der Waals surface area (Å²) in [6.45, 7) is 5.13. The highest BCUT2D eigenvalue weighted by Gasteiger charge is 2.20. The molecule has 0 spiro atoms. The van der Waals surface area contributed by atoms with Crippen molar-refractivity contribution in [3.05, 3.63) is 59.2 Å². The Morgan fingerprint density at radius 1 is 1.04 bits per heavy atom. The molecule has 2 aromatic carbocycles. The molecule has 25 heavy (non-hydrogen) atoms. The molecule has 5 heteroatoms. The van der Waals surface area contributed by atoms with Crippen LogP contribution >= 0.6 is 0 Å². The molecule has 132 valence electrons. The summed E-state index contributed by atoms with van der Waals surface area (Å²) in [5.74, 6) is -1.26. The van der Waals surface area contributed by atoms with Gasteiger partial charge in [0.2, 0.25) is 0 Å². The molecule has 0 radical (unpaired) electrons. The largest absolute Gasteiger partial charge is 0.507 e. The minimum atomic E-state index is -1.17. The van der Waals surface area contributed by atoms with Gasteiger partial charge in [-0.15, -0.1) is 0 Å². The fourth-order valence-electron chi connectivity index (χ4n) is 2.54. The second-order valence-electron chi connectivity index (χ2n) is 6.49. The number of carbonyl (C=O) groups is 2. The third-order valence-corrected chi connectivity index (χ3v) is 4.11. The Morgan fingerprint density at radius 2 is 1.68 bits per heavy atom. The summed E-state index contributed by atoms with van der Waals surface area (Å²) in [6, 6.07) is 10.8. The van der Waals surface area contributed by atoms with Gasteiger partial charge in [0, 0.05) is 30.9 Å². The van der Waals surface area contributed by atoms with Crippen molar-refractivity contribution in [3.63, 3.8) is 0 Å². The third-order valence-electron chi connectivity index (χ3n) is 4.11. The molecule has 5 nitrogen and oxygen atoms in total. The van der Waals surface area contributed by atoms with Crippen LogP contribution in [0.3, 0.4) is 0 Å². The first-order valence-electron chi connectivity index (χ1n) is 8.22. The number of rotatable bonds is 7. The van der Waals surface area contributed by atoms with E-state index in [2.05, 4.69) is 13.8 Å².